The lowest BCUT2D eigenvalue weighted by Gasteiger charge is -2.25. The molecule has 92 valence electrons. The van der Waals surface area contributed by atoms with Crippen LogP contribution < -0.4 is 5.32 Å². The van der Waals surface area contributed by atoms with Crippen LogP contribution in [0.4, 0.5) is 13.2 Å². The van der Waals surface area contributed by atoms with E-state index in [9.17, 15) is 18.0 Å². The molecule has 1 aliphatic rings. The van der Waals surface area contributed by atoms with Crippen LogP contribution in [-0.4, -0.2) is 12.3 Å². The van der Waals surface area contributed by atoms with Crippen LogP contribution in [0.5, 0.6) is 0 Å². The Hall–Kier alpha value is -1.36. The van der Waals surface area contributed by atoms with Gasteiger partial charge in [-0.25, -0.2) is 0 Å². The van der Waals surface area contributed by atoms with Gasteiger partial charge in [0.15, 0.2) is 0 Å². The summed E-state index contributed by atoms with van der Waals surface area (Å²) < 4.78 is 38.4. The molecule has 1 aromatic rings. The van der Waals surface area contributed by atoms with E-state index in [1.165, 1.54) is 12.1 Å². The van der Waals surface area contributed by atoms with Crippen LogP contribution in [0.2, 0.25) is 0 Å². The first kappa shape index (κ1) is 12.1. The summed E-state index contributed by atoms with van der Waals surface area (Å²) in [6.07, 6.45) is -3.85. The summed E-state index contributed by atoms with van der Waals surface area (Å²) in [4.78, 5) is 11.3. The fraction of sp³-hybridized carbons (Fsp3) is 0.417. The van der Waals surface area contributed by atoms with E-state index >= 15 is 0 Å². The van der Waals surface area contributed by atoms with Crippen molar-refractivity contribution in [1.82, 2.24) is 5.32 Å². The Kier molecular flexibility index (Phi) is 3.19. The maximum Gasteiger partial charge on any atom is 0.416 e. The molecule has 0 saturated carbocycles. The minimum Gasteiger partial charge on any atom is -0.309 e. The third kappa shape index (κ3) is 2.66. The Morgan fingerprint density at radius 3 is 2.59 bits per heavy atom. The first-order valence-electron chi connectivity index (χ1n) is 5.39. The number of rotatable bonds is 1. The number of hydrogen-bond donors (Lipinski definition) is 1. The van der Waals surface area contributed by atoms with Crippen LogP contribution in [0.3, 0.4) is 0 Å². The molecule has 1 N–H and O–H groups in total. The van der Waals surface area contributed by atoms with E-state index in [4.69, 9.17) is 0 Å². The number of benzene rings is 1. The Bertz CT molecular complexity index is 428. The molecule has 1 atom stereocenters. The number of hydrogen-bond acceptors (Lipinski definition) is 2. The van der Waals surface area contributed by atoms with Crippen LogP contribution >= 0.6 is 0 Å². The van der Waals surface area contributed by atoms with Gasteiger partial charge in [-0.05, 0) is 11.6 Å². The number of carbonyl (C=O) groups excluding carboxylic acids is 1. The molecule has 1 unspecified atom stereocenters. The van der Waals surface area contributed by atoms with Crippen LogP contribution in [0.25, 0.3) is 0 Å². The molecule has 1 fully saturated rings. The molecule has 0 aromatic heterocycles. The highest BCUT2D eigenvalue weighted by Crippen LogP contribution is 2.36. The van der Waals surface area contributed by atoms with Crippen molar-refractivity contribution in [2.75, 3.05) is 6.54 Å². The number of halogens is 3. The zero-order valence-electron chi connectivity index (χ0n) is 9.05. The van der Waals surface area contributed by atoms with Crippen molar-refractivity contribution in [2.45, 2.75) is 25.1 Å². The third-order valence-corrected chi connectivity index (χ3v) is 2.87. The van der Waals surface area contributed by atoms with Crippen LogP contribution in [-0.2, 0) is 11.0 Å². The highest BCUT2D eigenvalue weighted by molar-refractivity contribution is 5.80. The second-order valence-corrected chi connectivity index (χ2v) is 4.08. The van der Waals surface area contributed by atoms with Crippen LogP contribution in [0.1, 0.15) is 30.0 Å². The van der Waals surface area contributed by atoms with Gasteiger partial charge in [0.2, 0.25) is 0 Å². The molecule has 17 heavy (non-hydrogen) atoms. The Morgan fingerprint density at radius 2 is 1.94 bits per heavy atom. The SMILES string of the molecule is O=C1CCNC(c2ccccc2C(F)(F)F)C1. The molecule has 0 spiro atoms. The van der Waals surface area contributed by atoms with Gasteiger partial charge in [0, 0.05) is 25.4 Å². The summed E-state index contributed by atoms with van der Waals surface area (Å²) in [5, 5.41) is 2.96. The molecular formula is C12H12F3NO. The molecule has 2 nitrogen and oxygen atoms in total. The lowest BCUT2D eigenvalue weighted by molar-refractivity contribution is -0.138. The Balaban J connectivity index is 2.34. The molecular weight excluding hydrogens is 231 g/mol. The van der Waals surface area contributed by atoms with Gasteiger partial charge in [-0.1, -0.05) is 18.2 Å². The van der Waals surface area contributed by atoms with E-state index in [1.807, 2.05) is 0 Å². The van der Waals surface area contributed by atoms with Crippen molar-refractivity contribution in [3.63, 3.8) is 0 Å². The van der Waals surface area contributed by atoms with Gasteiger partial charge in [0.1, 0.15) is 5.78 Å². The molecule has 0 radical (unpaired) electrons. The number of carbonyl (C=O) groups is 1. The lowest BCUT2D eigenvalue weighted by Crippen LogP contribution is -2.33. The van der Waals surface area contributed by atoms with Gasteiger partial charge in [-0.15, -0.1) is 0 Å². The first-order valence-corrected chi connectivity index (χ1v) is 5.39. The second-order valence-electron chi connectivity index (χ2n) is 4.08. The number of ketones is 1. The Morgan fingerprint density at radius 1 is 1.24 bits per heavy atom. The van der Waals surface area contributed by atoms with Gasteiger partial charge >= 0.3 is 6.18 Å². The summed E-state index contributed by atoms with van der Waals surface area (Å²) in [7, 11) is 0. The Labute approximate surface area is 96.8 Å². The second kappa shape index (κ2) is 4.49. The number of nitrogens with one attached hydrogen (secondary N) is 1. The molecule has 5 heteroatoms. The van der Waals surface area contributed by atoms with Gasteiger partial charge in [-0.3, -0.25) is 4.79 Å². The maximum atomic E-state index is 12.8. The van der Waals surface area contributed by atoms with Crippen molar-refractivity contribution in [3.8, 4) is 0 Å². The quantitative estimate of drug-likeness (QED) is 0.821. The predicted octanol–water partition coefficient (Wildman–Crippen LogP) is 2.70. The highest BCUT2D eigenvalue weighted by Gasteiger charge is 2.35. The van der Waals surface area contributed by atoms with Gasteiger partial charge in [-0.2, -0.15) is 13.2 Å². The van der Waals surface area contributed by atoms with Crippen LogP contribution in [0.15, 0.2) is 24.3 Å². The number of piperidine rings is 1. The molecule has 1 heterocycles. The maximum absolute atomic E-state index is 12.8. The lowest BCUT2D eigenvalue weighted by atomic mass is 9.93. The molecule has 0 bridgehead atoms. The molecule has 1 saturated heterocycles. The van der Waals surface area contributed by atoms with E-state index < -0.39 is 17.8 Å². The van der Waals surface area contributed by atoms with E-state index in [2.05, 4.69) is 5.32 Å². The smallest absolute Gasteiger partial charge is 0.309 e. The zero-order valence-corrected chi connectivity index (χ0v) is 9.05. The van der Waals surface area contributed by atoms with Crippen molar-refractivity contribution < 1.29 is 18.0 Å². The summed E-state index contributed by atoms with van der Waals surface area (Å²) in [6.45, 7) is 0.440. The molecule has 0 aliphatic carbocycles. The van der Waals surface area contributed by atoms with Gasteiger partial charge in [0.25, 0.3) is 0 Å². The van der Waals surface area contributed by atoms with Crippen molar-refractivity contribution >= 4 is 5.78 Å². The summed E-state index contributed by atoms with van der Waals surface area (Å²) >= 11 is 0. The van der Waals surface area contributed by atoms with Crippen molar-refractivity contribution in [2.24, 2.45) is 0 Å². The zero-order chi connectivity index (χ0) is 12.5. The minimum absolute atomic E-state index is 0.00530. The molecule has 1 aromatic carbocycles. The molecule has 1 aliphatic heterocycles. The minimum atomic E-state index is -4.38. The van der Waals surface area contributed by atoms with Gasteiger partial charge in [0.05, 0.1) is 5.56 Å². The fourth-order valence-corrected chi connectivity index (χ4v) is 2.07. The van der Waals surface area contributed by atoms with E-state index in [0.717, 1.165) is 6.07 Å². The van der Waals surface area contributed by atoms with E-state index in [-0.39, 0.29) is 17.8 Å². The highest BCUT2D eigenvalue weighted by atomic mass is 19.4. The van der Waals surface area contributed by atoms with Crippen LogP contribution in [0, 0.1) is 0 Å². The van der Waals surface area contributed by atoms with Crippen molar-refractivity contribution in [3.05, 3.63) is 35.4 Å². The average Bonchev–Trinajstić information content (AvgIpc) is 2.28. The van der Waals surface area contributed by atoms with Gasteiger partial charge < -0.3 is 5.32 Å². The normalized spacial score (nSPS) is 21.6. The first-order chi connectivity index (χ1) is 7.98. The van der Waals surface area contributed by atoms with Crippen molar-refractivity contribution in [1.29, 1.82) is 0 Å². The fourth-order valence-electron chi connectivity index (χ4n) is 2.07. The summed E-state index contributed by atoms with van der Waals surface area (Å²) in [6, 6.07) is 4.88. The number of alkyl halides is 3. The topological polar surface area (TPSA) is 29.1 Å². The predicted molar refractivity (Wildman–Crippen MR) is 56.4 cm³/mol. The summed E-state index contributed by atoms with van der Waals surface area (Å²) in [5.41, 5.74) is -0.500. The monoisotopic (exact) mass is 243 g/mol. The van der Waals surface area contributed by atoms with E-state index in [1.54, 1.807) is 6.07 Å². The molecule has 2 rings (SSSR count). The largest absolute Gasteiger partial charge is 0.416 e. The molecule has 0 amide bonds. The average molecular weight is 243 g/mol. The summed E-state index contributed by atoms with van der Waals surface area (Å²) in [5.74, 6) is 0.00530. The third-order valence-electron chi connectivity index (χ3n) is 2.87. The number of Topliss-reactive ketones (excluding diaryl/α,β-unsaturated/α-hetero) is 1. The van der Waals surface area contributed by atoms with E-state index in [0.29, 0.717) is 13.0 Å². The standard InChI is InChI=1S/C12H12F3NO/c13-12(14,15)10-4-2-1-3-9(10)11-7-8(17)5-6-16-11/h1-4,11,16H,5-7H2.